The molecule has 82 heavy (non-hydrogen) atoms. The van der Waals surface area contributed by atoms with Gasteiger partial charge in [-0.05, 0) is 82.5 Å². The van der Waals surface area contributed by atoms with Crippen LogP contribution < -0.4 is 16.0 Å². The number of carbonyl (C=O) groups is 12. The van der Waals surface area contributed by atoms with Gasteiger partial charge in [0.25, 0.3) is 0 Å². The third kappa shape index (κ3) is 16.7. The van der Waals surface area contributed by atoms with Gasteiger partial charge in [-0.2, -0.15) is 0 Å². The van der Waals surface area contributed by atoms with E-state index in [1.807, 2.05) is 41.5 Å². The summed E-state index contributed by atoms with van der Waals surface area (Å²) >= 11 is 0. The normalized spacial score (nSPS) is 26.6. The van der Waals surface area contributed by atoms with Gasteiger partial charge < -0.3 is 64.8 Å². The summed E-state index contributed by atoms with van der Waals surface area (Å²) in [5, 5.41) is 8.34. The van der Waals surface area contributed by atoms with Crippen molar-refractivity contribution in [2.24, 2.45) is 17.8 Å². The van der Waals surface area contributed by atoms with Crippen molar-refractivity contribution in [3.63, 3.8) is 0 Å². The first-order valence-electron chi connectivity index (χ1n) is 29.3. The molecule has 0 aromatic heterocycles. The molecule has 7 unspecified atom stereocenters. The Morgan fingerprint density at radius 3 is 1.90 bits per heavy atom. The molecule has 0 aromatic carbocycles. The van der Waals surface area contributed by atoms with Crippen LogP contribution in [0.4, 0.5) is 0 Å². The second-order valence-corrected chi connectivity index (χ2v) is 24.0. The van der Waals surface area contributed by atoms with Crippen molar-refractivity contribution in [2.45, 2.75) is 174 Å². The van der Waals surface area contributed by atoms with Crippen LogP contribution in [0.1, 0.15) is 126 Å². The summed E-state index contributed by atoms with van der Waals surface area (Å²) in [5.74, 6) is -7.67. The summed E-state index contributed by atoms with van der Waals surface area (Å²) in [6.45, 7) is 13.7. The van der Waals surface area contributed by atoms with Crippen LogP contribution in [0, 0.1) is 17.8 Å². The van der Waals surface area contributed by atoms with Crippen molar-refractivity contribution < 1.29 is 62.3 Å². The van der Waals surface area contributed by atoms with E-state index in [2.05, 4.69) is 16.0 Å². The van der Waals surface area contributed by atoms with Crippen molar-refractivity contribution >= 4 is 70.9 Å². The molecule has 1 spiro atoms. The van der Waals surface area contributed by atoms with Crippen LogP contribution in [-0.4, -0.2) is 265 Å². The molecule has 3 aliphatic heterocycles. The van der Waals surface area contributed by atoms with E-state index in [0.717, 1.165) is 14.7 Å². The first-order valence-corrected chi connectivity index (χ1v) is 29.3. The number of rotatable bonds is 12. The van der Waals surface area contributed by atoms with Crippen LogP contribution in [-0.2, 0) is 62.3 Å². The Balaban J connectivity index is 1.76. The van der Waals surface area contributed by atoms with Crippen molar-refractivity contribution in [3.05, 3.63) is 0 Å². The summed E-state index contributed by atoms with van der Waals surface area (Å²) in [6.07, 6.45) is 3.18. The maximum atomic E-state index is 14.7. The number of hydrogen-bond acceptors (Lipinski definition) is 13. The molecule has 0 aromatic rings. The number of carbonyl (C=O) groups excluding carboxylic acids is 12. The third-order valence-corrected chi connectivity index (χ3v) is 16.8. The molecule has 4 rings (SSSR count). The topological polar surface area (TPSA) is 279 Å². The molecule has 0 radical (unpaired) electrons. The van der Waals surface area contributed by atoms with Gasteiger partial charge in [-0.25, -0.2) is 0 Å². The minimum atomic E-state index is -1.40. The van der Waals surface area contributed by atoms with Gasteiger partial charge in [-0.3, -0.25) is 57.5 Å². The fourth-order valence-corrected chi connectivity index (χ4v) is 10.8. The van der Waals surface area contributed by atoms with Crippen molar-refractivity contribution in [2.75, 3.05) is 102 Å². The van der Waals surface area contributed by atoms with Gasteiger partial charge in [0, 0.05) is 75.6 Å². The minimum absolute atomic E-state index is 0.0980. The predicted octanol–water partition coefficient (Wildman–Crippen LogP) is -0.110. The lowest BCUT2D eigenvalue weighted by Gasteiger charge is -2.45. The fourth-order valence-electron chi connectivity index (χ4n) is 10.8. The predicted molar refractivity (Wildman–Crippen MR) is 303 cm³/mol. The van der Waals surface area contributed by atoms with E-state index in [4.69, 9.17) is 4.74 Å². The molecular formula is C57H96N12O13. The van der Waals surface area contributed by atoms with Crippen molar-refractivity contribution in [1.29, 1.82) is 0 Å². The summed E-state index contributed by atoms with van der Waals surface area (Å²) in [5.41, 5.74) is -1.40. The molecule has 1 aliphatic carbocycles. The molecule has 12 amide bonds. The second-order valence-electron chi connectivity index (χ2n) is 24.0. The molecule has 25 heteroatoms. The molecule has 8 atom stereocenters. The van der Waals surface area contributed by atoms with Gasteiger partial charge in [0.15, 0.2) is 0 Å². The summed E-state index contributed by atoms with van der Waals surface area (Å²) < 4.78 is 6.03. The highest BCUT2D eigenvalue weighted by Gasteiger charge is 2.50. The molecular weight excluding hydrogens is 1060 g/mol. The Labute approximate surface area is 485 Å². The fraction of sp³-hybridized carbons (Fsp3) is 0.789. The lowest BCUT2D eigenvalue weighted by molar-refractivity contribution is -0.162. The minimum Gasteiger partial charge on any atom is -0.379 e. The monoisotopic (exact) mass is 1160 g/mol. The van der Waals surface area contributed by atoms with Crippen molar-refractivity contribution in [3.8, 4) is 0 Å². The lowest BCUT2D eigenvalue weighted by atomic mass is 9.75. The molecule has 4 aliphatic rings. The largest absolute Gasteiger partial charge is 0.379 e. The Bertz CT molecular complexity index is 2350. The van der Waals surface area contributed by atoms with Crippen LogP contribution in [0.2, 0.25) is 0 Å². The van der Waals surface area contributed by atoms with E-state index < -0.39 is 151 Å². The maximum Gasteiger partial charge on any atom is 0.248 e. The third-order valence-electron chi connectivity index (χ3n) is 16.8. The van der Waals surface area contributed by atoms with Gasteiger partial charge in [0.05, 0.1) is 32.7 Å². The highest BCUT2D eigenvalue weighted by atomic mass is 16.5. The molecule has 4 fully saturated rings. The van der Waals surface area contributed by atoms with Gasteiger partial charge in [-0.1, -0.05) is 54.9 Å². The highest BCUT2D eigenvalue weighted by molar-refractivity contribution is 6.00. The molecule has 3 saturated heterocycles. The molecule has 25 nitrogen and oxygen atoms in total. The smallest absolute Gasteiger partial charge is 0.248 e. The number of likely N-dealkylation sites (N-methyl/N-ethyl adjacent to an activating group) is 6. The average Bonchev–Trinajstić information content (AvgIpc) is 3.91. The Morgan fingerprint density at radius 1 is 0.695 bits per heavy atom. The quantitative estimate of drug-likeness (QED) is 0.216. The van der Waals surface area contributed by atoms with E-state index in [0.29, 0.717) is 32.1 Å². The molecule has 462 valence electrons. The standard InChI is InChI=1S/C57H96N12O13/c1-16-25-68-43(34-82-28-22-35(3)4)53(78)62(11)32-44(70)58-31-46(72)67-26-18-20-39(67)50(75)60-57(23-19-24-57)56(81)63(12)33-47(73)66(15)42(52(77)61(9)10)30-45(71)65(14)41(29-36(5)6)49(74)59-48(37(7)17-2)55(80)64(13)38(8)51(76)69-27-21-40(69)54(68)79/h35-43,48H,16-34H2,1-15H3,(H,58,70)(H,59,74)(H,60,75)/t37-,38?,39?,40?,41?,42?,43?,48?/m0/s1. The SMILES string of the molecule is CCCN1C(=O)C2CCN2C(=O)C(C)N(C)C(=O)C([C@@H](C)CC)NC(=O)C(CC(C)C)N(C)C(=O)CC(C(=O)N(C)C)N(C)C(=O)CN(C)C(=O)C2(CCC2)NC(=O)C2CCCN2C(=O)CNC(=O)CN(C)C(=O)C1COCCC(C)C. The van der Waals surface area contributed by atoms with Crippen LogP contribution >= 0.6 is 0 Å². The summed E-state index contributed by atoms with van der Waals surface area (Å²) in [6, 6.07) is -8.04. The average molecular weight is 1160 g/mol. The number of amides is 12. The van der Waals surface area contributed by atoms with E-state index >= 15 is 0 Å². The maximum absolute atomic E-state index is 14.7. The first-order chi connectivity index (χ1) is 38.4. The Hall–Kier alpha value is -6.40. The van der Waals surface area contributed by atoms with Gasteiger partial charge in [-0.15, -0.1) is 0 Å². The number of ether oxygens (including phenoxy) is 1. The second kappa shape index (κ2) is 30.2. The molecule has 3 N–H and O–H groups in total. The van der Waals surface area contributed by atoms with E-state index in [1.54, 1.807) is 6.92 Å². The van der Waals surface area contributed by atoms with Crippen LogP contribution in [0.3, 0.4) is 0 Å². The molecule has 3 heterocycles. The number of hydrogen-bond donors (Lipinski definition) is 3. The first kappa shape index (κ1) is 68.1. The van der Waals surface area contributed by atoms with E-state index in [1.165, 1.54) is 85.7 Å². The zero-order valence-electron chi connectivity index (χ0n) is 51.5. The Kier molecular flexibility index (Phi) is 25.1. The molecule has 0 bridgehead atoms. The van der Waals surface area contributed by atoms with Gasteiger partial charge in [0.1, 0.15) is 47.8 Å². The zero-order valence-corrected chi connectivity index (χ0v) is 51.5. The van der Waals surface area contributed by atoms with Crippen LogP contribution in [0.25, 0.3) is 0 Å². The van der Waals surface area contributed by atoms with Crippen LogP contribution in [0.5, 0.6) is 0 Å². The van der Waals surface area contributed by atoms with Crippen LogP contribution in [0.15, 0.2) is 0 Å². The van der Waals surface area contributed by atoms with Gasteiger partial charge in [0.2, 0.25) is 70.9 Å². The van der Waals surface area contributed by atoms with Gasteiger partial charge >= 0.3 is 0 Å². The van der Waals surface area contributed by atoms with Crippen molar-refractivity contribution in [1.82, 2.24) is 60.0 Å². The van der Waals surface area contributed by atoms with E-state index in [9.17, 15) is 57.5 Å². The summed E-state index contributed by atoms with van der Waals surface area (Å²) in [7, 11) is 9.91. The van der Waals surface area contributed by atoms with E-state index in [-0.39, 0.29) is 76.8 Å². The lowest BCUT2D eigenvalue weighted by Crippen LogP contribution is -2.66. The zero-order chi connectivity index (χ0) is 61.7. The number of fused-ring (bicyclic) bond motifs is 2. The number of nitrogens with zero attached hydrogens (tertiary/aromatic N) is 9. The molecule has 1 saturated carbocycles. The Morgan fingerprint density at radius 2 is 1.35 bits per heavy atom. The highest BCUT2D eigenvalue weighted by Crippen LogP contribution is 2.35. The summed E-state index contributed by atoms with van der Waals surface area (Å²) in [4.78, 5) is 182. The number of nitrogens with one attached hydrogen (secondary N) is 3.